The molecule has 1 heterocycles. The van der Waals surface area contributed by atoms with Gasteiger partial charge in [0, 0.05) is 6.07 Å². The third-order valence-corrected chi connectivity index (χ3v) is 2.79. The molecule has 0 aliphatic rings. The Kier molecular flexibility index (Phi) is 3.80. The molecule has 0 spiro atoms. The standard InChI is InChI=1S/C12H13ClN2O4/c1-4-19-12-14-9-6(13)5-7(17-2)10(18-3)8(9)11(16)15-12/h5H,4H2,1-3H3,(H,14,15,16). The molecule has 1 aromatic carbocycles. The number of fused-ring (bicyclic) bond motifs is 1. The maximum Gasteiger partial charge on any atom is 0.320 e. The lowest BCUT2D eigenvalue weighted by molar-refractivity contribution is 0.307. The van der Waals surface area contributed by atoms with Crippen LogP contribution in [0.5, 0.6) is 23.4 Å². The molecule has 0 unspecified atom stereocenters. The zero-order valence-electron chi connectivity index (χ0n) is 10.7. The number of hydrogen-bond donors (Lipinski definition) is 1. The van der Waals surface area contributed by atoms with E-state index in [2.05, 4.69) is 9.97 Å². The minimum atomic E-state index is -0.272. The number of rotatable bonds is 4. The van der Waals surface area contributed by atoms with Crippen molar-refractivity contribution in [3.63, 3.8) is 0 Å². The van der Waals surface area contributed by atoms with Crippen LogP contribution < -0.4 is 14.2 Å². The number of hydrogen-bond acceptors (Lipinski definition) is 6. The number of aromatic nitrogens is 2. The molecule has 2 aromatic rings. The van der Waals surface area contributed by atoms with Crippen molar-refractivity contribution in [1.29, 1.82) is 0 Å². The monoisotopic (exact) mass is 284 g/mol. The number of nitrogens with zero attached hydrogens (tertiary/aromatic N) is 2. The zero-order chi connectivity index (χ0) is 14.0. The van der Waals surface area contributed by atoms with Crippen molar-refractivity contribution in [2.75, 3.05) is 20.8 Å². The fourth-order valence-corrected chi connectivity index (χ4v) is 1.97. The van der Waals surface area contributed by atoms with Crippen LogP contribution in [0.15, 0.2) is 6.07 Å². The van der Waals surface area contributed by atoms with Crippen LogP contribution in [-0.4, -0.2) is 35.9 Å². The van der Waals surface area contributed by atoms with E-state index in [1.165, 1.54) is 14.2 Å². The predicted molar refractivity (Wildman–Crippen MR) is 70.5 cm³/mol. The lowest BCUT2D eigenvalue weighted by Crippen LogP contribution is -2.00. The molecule has 7 heteroatoms. The molecular weight excluding hydrogens is 272 g/mol. The Morgan fingerprint density at radius 1 is 1.26 bits per heavy atom. The van der Waals surface area contributed by atoms with Gasteiger partial charge in [0.2, 0.25) is 5.88 Å². The summed E-state index contributed by atoms with van der Waals surface area (Å²) in [7, 11) is 2.94. The van der Waals surface area contributed by atoms with Gasteiger partial charge in [-0.1, -0.05) is 11.6 Å². The highest BCUT2D eigenvalue weighted by Crippen LogP contribution is 2.43. The van der Waals surface area contributed by atoms with E-state index in [0.29, 0.717) is 28.6 Å². The largest absolute Gasteiger partial charge is 0.493 e. The van der Waals surface area contributed by atoms with Gasteiger partial charge in [-0.15, -0.1) is 0 Å². The maximum atomic E-state index is 10.0. The van der Waals surface area contributed by atoms with Gasteiger partial charge in [-0.3, -0.25) is 0 Å². The number of methoxy groups -OCH3 is 2. The molecule has 1 aromatic heterocycles. The summed E-state index contributed by atoms with van der Waals surface area (Å²) in [6, 6.07) is 1.62. The third kappa shape index (κ3) is 2.31. The maximum absolute atomic E-state index is 10.0. The van der Waals surface area contributed by atoms with Gasteiger partial charge in [0.05, 0.1) is 25.8 Å². The lowest BCUT2D eigenvalue weighted by Gasteiger charge is -2.13. The van der Waals surface area contributed by atoms with Crippen molar-refractivity contribution < 1.29 is 19.3 Å². The molecule has 0 aliphatic carbocycles. The minimum absolute atomic E-state index is 0.0571. The third-order valence-electron chi connectivity index (χ3n) is 2.50. The van der Waals surface area contributed by atoms with Gasteiger partial charge in [-0.25, -0.2) is 0 Å². The van der Waals surface area contributed by atoms with Crippen molar-refractivity contribution in [3.8, 4) is 23.4 Å². The smallest absolute Gasteiger partial charge is 0.320 e. The molecule has 19 heavy (non-hydrogen) atoms. The summed E-state index contributed by atoms with van der Waals surface area (Å²) >= 11 is 6.12. The average Bonchev–Trinajstić information content (AvgIpc) is 2.39. The van der Waals surface area contributed by atoms with Crippen LogP contribution in [0.4, 0.5) is 0 Å². The topological polar surface area (TPSA) is 73.7 Å². The van der Waals surface area contributed by atoms with Crippen LogP contribution in [-0.2, 0) is 0 Å². The Balaban J connectivity index is 2.80. The Morgan fingerprint density at radius 3 is 2.58 bits per heavy atom. The van der Waals surface area contributed by atoms with Gasteiger partial charge < -0.3 is 19.3 Å². The van der Waals surface area contributed by atoms with Crippen LogP contribution in [0.3, 0.4) is 0 Å². The molecular formula is C12H13ClN2O4. The Labute approximate surface area is 114 Å². The summed E-state index contributed by atoms with van der Waals surface area (Å²) in [5.41, 5.74) is 0.343. The Hall–Kier alpha value is -1.95. The first-order valence-corrected chi connectivity index (χ1v) is 5.94. The molecule has 102 valence electrons. The van der Waals surface area contributed by atoms with Crippen LogP contribution in [0.2, 0.25) is 5.02 Å². The van der Waals surface area contributed by atoms with E-state index in [0.717, 1.165) is 0 Å². The van der Waals surface area contributed by atoms with Crippen LogP contribution >= 0.6 is 11.6 Å². The lowest BCUT2D eigenvalue weighted by atomic mass is 10.2. The van der Waals surface area contributed by atoms with Crippen molar-refractivity contribution in [2.45, 2.75) is 6.92 Å². The van der Waals surface area contributed by atoms with E-state index in [1.54, 1.807) is 13.0 Å². The fourth-order valence-electron chi connectivity index (χ4n) is 1.73. The number of benzene rings is 1. The van der Waals surface area contributed by atoms with E-state index in [1.807, 2.05) is 0 Å². The predicted octanol–water partition coefficient (Wildman–Crippen LogP) is 2.40. The molecule has 0 amide bonds. The molecule has 0 saturated heterocycles. The van der Waals surface area contributed by atoms with Gasteiger partial charge in [-0.2, -0.15) is 9.97 Å². The first-order valence-electron chi connectivity index (χ1n) is 5.56. The molecule has 1 N–H and O–H groups in total. The molecule has 0 aliphatic heterocycles. The SMILES string of the molecule is CCOc1nc(O)c2c(OC)c(OC)cc(Cl)c2n1. The first kappa shape index (κ1) is 13.5. The first-order chi connectivity index (χ1) is 9.12. The Bertz CT molecular complexity index is 618. The van der Waals surface area contributed by atoms with Gasteiger partial charge in [-0.05, 0) is 6.92 Å². The molecule has 0 saturated carbocycles. The molecule has 0 bridgehead atoms. The molecule has 0 radical (unpaired) electrons. The Morgan fingerprint density at radius 2 is 2.00 bits per heavy atom. The second kappa shape index (κ2) is 5.36. The summed E-state index contributed by atoms with van der Waals surface area (Å²) in [4.78, 5) is 7.99. The number of halogens is 1. The summed E-state index contributed by atoms with van der Waals surface area (Å²) in [5, 5.41) is 10.6. The summed E-state index contributed by atoms with van der Waals surface area (Å²) in [5.74, 6) is 0.441. The highest BCUT2D eigenvalue weighted by atomic mass is 35.5. The highest BCUT2D eigenvalue weighted by Gasteiger charge is 2.19. The second-order valence-corrected chi connectivity index (χ2v) is 3.99. The van der Waals surface area contributed by atoms with E-state index in [-0.39, 0.29) is 17.3 Å². The van der Waals surface area contributed by atoms with Crippen LogP contribution in [0.25, 0.3) is 10.9 Å². The van der Waals surface area contributed by atoms with E-state index in [9.17, 15) is 5.11 Å². The van der Waals surface area contributed by atoms with Crippen LogP contribution in [0.1, 0.15) is 6.92 Å². The highest BCUT2D eigenvalue weighted by molar-refractivity contribution is 6.35. The van der Waals surface area contributed by atoms with E-state index in [4.69, 9.17) is 25.8 Å². The zero-order valence-corrected chi connectivity index (χ0v) is 11.5. The quantitative estimate of drug-likeness (QED) is 0.929. The second-order valence-electron chi connectivity index (χ2n) is 3.58. The van der Waals surface area contributed by atoms with Crippen LogP contribution in [0, 0.1) is 0 Å². The number of ether oxygens (including phenoxy) is 3. The number of aromatic hydroxyl groups is 1. The van der Waals surface area contributed by atoms with Gasteiger partial charge >= 0.3 is 6.01 Å². The summed E-state index contributed by atoms with van der Waals surface area (Å²) in [6.07, 6.45) is 0. The van der Waals surface area contributed by atoms with Crippen molar-refractivity contribution >= 4 is 22.5 Å². The van der Waals surface area contributed by atoms with Gasteiger partial charge in [0.15, 0.2) is 11.5 Å². The molecule has 6 nitrogen and oxygen atoms in total. The molecule has 0 atom stereocenters. The van der Waals surface area contributed by atoms with Crippen molar-refractivity contribution in [3.05, 3.63) is 11.1 Å². The van der Waals surface area contributed by atoms with Crippen molar-refractivity contribution in [2.24, 2.45) is 0 Å². The molecule has 2 rings (SSSR count). The average molecular weight is 285 g/mol. The van der Waals surface area contributed by atoms with Gasteiger partial charge in [0.25, 0.3) is 0 Å². The van der Waals surface area contributed by atoms with E-state index < -0.39 is 0 Å². The van der Waals surface area contributed by atoms with Crippen molar-refractivity contribution in [1.82, 2.24) is 9.97 Å². The fraction of sp³-hybridized carbons (Fsp3) is 0.333. The molecule has 0 fully saturated rings. The summed E-state index contributed by atoms with van der Waals surface area (Å²) < 4.78 is 15.5. The summed E-state index contributed by atoms with van der Waals surface area (Å²) in [6.45, 7) is 2.18. The van der Waals surface area contributed by atoms with Gasteiger partial charge in [0.1, 0.15) is 10.9 Å². The normalized spacial score (nSPS) is 10.5. The van der Waals surface area contributed by atoms with E-state index >= 15 is 0 Å². The minimum Gasteiger partial charge on any atom is -0.493 e.